The molecule has 0 bridgehead atoms. The summed E-state index contributed by atoms with van der Waals surface area (Å²) < 4.78 is 4.68. The maximum atomic E-state index is 12.5. The van der Waals surface area contributed by atoms with Crippen molar-refractivity contribution in [3.63, 3.8) is 0 Å². The second kappa shape index (κ2) is 8.78. The second-order valence-electron chi connectivity index (χ2n) is 7.22. The summed E-state index contributed by atoms with van der Waals surface area (Å²) in [6.07, 6.45) is 0. The Morgan fingerprint density at radius 1 is 0.929 bits per heavy atom. The number of piperazine rings is 1. The van der Waals surface area contributed by atoms with E-state index in [1.54, 1.807) is 24.3 Å². The van der Waals surface area contributed by atoms with Crippen molar-refractivity contribution in [2.24, 2.45) is 0 Å². The van der Waals surface area contributed by atoms with Crippen LogP contribution in [0.15, 0.2) is 48.5 Å². The summed E-state index contributed by atoms with van der Waals surface area (Å²) in [5.74, 6) is 0.131. The Labute approximate surface area is 166 Å². The summed E-state index contributed by atoms with van der Waals surface area (Å²) >= 11 is 0. The molecule has 148 valence electrons. The molecule has 0 radical (unpaired) electrons. The van der Waals surface area contributed by atoms with Gasteiger partial charge in [-0.05, 0) is 47.9 Å². The van der Waals surface area contributed by atoms with Crippen LogP contribution >= 0.6 is 0 Å². The second-order valence-corrected chi connectivity index (χ2v) is 7.22. The average Bonchev–Trinajstić information content (AvgIpc) is 2.74. The Kier molecular flexibility index (Phi) is 6.19. The van der Waals surface area contributed by atoms with Crippen LogP contribution in [0.2, 0.25) is 0 Å². The van der Waals surface area contributed by atoms with E-state index >= 15 is 0 Å². The highest BCUT2D eigenvalue weighted by Gasteiger charge is 2.21. The Hall–Kier alpha value is -3.02. The molecule has 0 saturated carbocycles. The zero-order chi connectivity index (χ0) is 20.1. The van der Waals surface area contributed by atoms with E-state index in [1.807, 2.05) is 4.90 Å². The first-order valence-corrected chi connectivity index (χ1v) is 9.57. The molecule has 3 rings (SSSR count). The van der Waals surface area contributed by atoms with E-state index < -0.39 is 5.97 Å². The number of carbonyl (C=O) groups is 2. The van der Waals surface area contributed by atoms with Gasteiger partial charge in [0.2, 0.25) is 0 Å². The lowest BCUT2D eigenvalue weighted by molar-refractivity contribution is 0.0600. The highest BCUT2D eigenvalue weighted by atomic mass is 16.5. The monoisotopic (exact) mass is 381 g/mol. The van der Waals surface area contributed by atoms with E-state index in [9.17, 15) is 9.59 Å². The number of hydrogen-bond donors (Lipinski definition) is 1. The highest BCUT2D eigenvalue weighted by Crippen LogP contribution is 2.21. The van der Waals surface area contributed by atoms with Gasteiger partial charge in [-0.1, -0.05) is 26.0 Å². The number of nitrogens with one attached hydrogen (secondary N) is 1. The van der Waals surface area contributed by atoms with Crippen LogP contribution in [0.1, 0.15) is 35.7 Å². The van der Waals surface area contributed by atoms with Gasteiger partial charge >= 0.3 is 12.0 Å². The van der Waals surface area contributed by atoms with Gasteiger partial charge in [0.05, 0.1) is 12.7 Å². The number of nitrogens with zero attached hydrogens (tertiary/aromatic N) is 2. The Morgan fingerprint density at radius 2 is 1.54 bits per heavy atom. The third-order valence-electron chi connectivity index (χ3n) is 5.05. The fourth-order valence-corrected chi connectivity index (χ4v) is 3.25. The number of methoxy groups -OCH3 is 1. The number of benzene rings is 2. The number of amides is 2. The molecule has 6 heteroatoms. The fraction of sp³-hybridized carbons (Fsp3) is 0.364. The molecule has 2 aromatic rings. The van der Waals surface area contributed by atoms with Crippen molar-refractivity contribution in [3.8, 4) is 0 Å². The van der Waals surface area contributed by atoms with Crippen LogP contribution in [0.4, 0.5) is 16.2 Å². The minimum atomic E-state index is -0.393. The summed E-state index contributed by atoms with van der Waals surface area (Å²) in [6, 6.07) is 15.2. The van der Waals surface area contributed by atoms with Gasteiger partial charge < -0.3 is 19.9 Å². The maximum absolute atomic E-state index is 12.5. The smallest absolute Gasteiger partial charge is 0.337 e. The maximum Gasteiger partial charge on any atom is 0.337 e. The predicted octanol–water partition coefficient (Wildman–Crippen LogP) is 3.95. The van der Waals surface area contributed by atoms with E-state index in [-0.39, 0.29) is 6.03 Å². The number of rotatable bonds is 4. The summed E-state index contributed by atoms with van der Waals surface area (Å²) in [5, 5.41) is 2.89. The summed E-state index contributed by atoms with van der Waals surface area (Å²) in [5.41, 5.74) is 3.64. The van der Waals surface area contributed by atoms with E-state index in [0.717, 1.165) is 13.1 Å². The SMILES string of the molecule is COC(=O)c1ccc(NC(=O)N2CCN(c3ccc(C(C)C)cc3)CC2)cc1. The summed E-state index contributed by atoms with van der Waals surface area (Å²) in [7, 11) is 1.34. The van der Waals surface area contributed by atoms with Crippen LogP contribution in [-0.2, 0) is 4.74 Å². The molecule has 0 aromatic heterocycles. The summed E-state index contributed by atoms with van der Waals surface area (Å²) in [6.45, 7) is 7.31. The van der Waals surface area contributed by atoms with Gasteiger partial charge in [0, 0.05) is 37.6 Å². The number of esters is 1. The first-order chi connectivity index (χ1) is 13.5. The molecule has 1 aliphatic heterocycles. The lowest BCUT2D eigenvalue weighted by atomic mass is 10.0. The number of ether oxygens (including phenoxy) is 1. The zero-order valence-electron chi connectivity index (χ0n) is 16.6. The van der Waals surface area contributed by atoms with Crippen LogP contribution in [0.5, 0.6) is 0 Å². The van der Waals surface area contributed by atoms with Crippen molar-refractivity contribution in [1.29, 1.82) is 0 Å². The van der Waals surface area contributed by atoms with Crippen molar-refractivity contribution < 1.29 is 14.3 Å². The Balaban J connectivity index is 1.52. The van der Waals surface area contributed by atoms with Gasteiger partial charge in [0.15, 0.2) is 0 Å². The largest absolute Gasteiger partial charge is 0.465 e. The first-order valence-electron chi connectivity index (χ1n) is 9.57. The molecular formula is C22H27N3O3. The molecule has 1 aliphatic rings. The van der Waals surface area contributed by atoms with Gasteiger partial charge in [-0.15, -0.1) is 0 Å². The third kappa shape index (κ3) is 4.63. The predicted molar refractivity (Wildman–Crippen MR) is 111 cm³/mol. The number of hydrogen-bond acceptors (Lipinski definition) is 4. The van der Waals surface area contributed by atoms with Crippen molar-refractivity contribution >= 4 is 23.4 Å². The Morgan fingerprint density at radius 3 is 2.07 bits per heavy atom. The minimum absolute atomic E-state index is 0.124. The van der Waals surface area contributed by atoms with Gasteiger partial charge in [-0.3, -0.25) is 0 Å². The minimum Gasteiger partial charge on any atom is -0.465 e. The molecule has 0 aliphatic carbocycles. The molecule has 6 nitrogen and oxygen atoms in total. The van der Waals surface area contributed by atoms with Crippen molar-refractivity contribution in [3.05, 3.63) is 59.7 Å². The van der Waals surface area contributed by atoms with E-state index in [4.69, 9.17) is 0 Å². The molecule has 1 saturated heterocycles. The number of urea groups is 1. The van der Waals surface area contributed by atoms with Crippen molar-refractivity contribution in [1.82, 2.24) is 4.90 Å². The highest BCUT2D eigenvalue weighted by molar-refractivity contribution is 5.92. The lowest BCUT2D eigenvalue weighted by Crippen LogP contribution is -2.50. The van der Waals surface area contributed by atoms with E-state index in [0.29, 0.717) is 30.3 Å². The van der Waals surface area contributed by atoms with Crippen LogP contribution in [0.25, 0.3) is 0 Å². The lowest BCUT2D eigenvalue weighted by Gasteiger charge is -2.36. The van der Waals surface area contributed by atoms with Gasteiger partial charge in [0.1, 0.15) is 0 Å². The van der Waals surface area contributed by atoms with E-state index in [1.165, 1.54) is 18.4 Å². The molecule has 28 heavy (non-hydrogen) atoms. The van der Waals surface area contributed by atoms with Crippen molar-refractivity contribution in [2.45, 2.75) is 19.8 Å². The fourth-order valence-electron chi connectivity index (χ4n) is 3.25. The molecule has 1 heterocycles. The molecule has 0 unspecified atom stereocenters. The molecule has 1 N–H and O–H groups in total. The van der Waals surface area contributed by atoms with Gasteiger partial charge in [0.25, 0.3) is 0 Å². The van der Waals surface area contributed by atoms with Crippen LogP contribution in [-0.4, -0.2) is 50.2 Å². The van der Waals surface area contributed by atoms with E-state index in [2.05, 4.69) is 53.1 Å². The molecule has 0 spiro atoms. The third-order valence-corrected chi connectivity index (χ3v) is 5.05. The quantitative estimate of drug-likeness (QED) is 0.815. The topological polar surface area (TPSA) is 61.9 Å². The first kappa shape index (κ1) is 19.7. The molecule has 0 atom stereocenters. The van der Waals surface area contributed by atoms with Gasteiger partial charge in [-0.2, -0.15) is 0 Å². The Bertz CT molecular complexity index is 808. The zero-order valence-corrected chi connectivity index (χ0v) is 16.6. The van der Waals surface area contributed by atoms with Gasteiger partial charge in [-0.25, -0.2) is 9.59 Å². The molecule has 2 aromatic carbocycles. The van der Waals surface area contributed by atoms with Crippen molar-refractivity contribution in [2.75, 3.05) is 43.5 Å². The van der Waals surface area contributed by atoms with Crippen LogP contribution in [0, 0.1) is 0 Å². The number of carbonyl (C=O) groups excluding carboxylic acids is 2. The average molecular weight is 381 g/mol. The number of anilines is 2. The molecule has 2 amide bonds. The molecular weight excluding hydrogens is 354 g/mol. The van der Waals surface area contributed by atoms with Crippen LogP contribution < -0.4 is 10.2 Å². The summed E-state index contributed by atoms with van der Waals surface area (Å²) in [4.78, 5) is 28.1. The molecule has 1 fully saturated rings. The normalized spacial score (nSPS) is 14.1. The van der Waals surface area contributed by atoms with Crippen LogP contribution in [0.3, 0.4) is 0 Å². The standard InChI is InChI=1S/C22H27N3O3/c1-16(2)17-6-10-20(11-7-17)24-12-14-25(15-13-24)22(27)23-19-8-4-18(5-9-19)21(26)28-3/h4-11,16H,12-15H2,1-3H3,(H,23,27).